The summed E-state index contributed by atoms with van der Waals surface area (Å²) in [6.07, 6.45) is -2.80. The van der Waals surface area contributed by atoms with E-state index in [-0.39, 0.29) is 35.1 Å². The first kappa shape index (κ1) is 25.3. The summed E-state index contributed by atoms with van der Waals surface area (Å²) in [6.45, 7) is 1.97. The van der Waals surface area contributed by atoms with Gasteiger partial charge in [-0.3, -0.25) is 9.59 Å². The molecule has 0 spiro atoms. The van der Waals surface area contributed by atoms with Gasteiger partial charge in [-0.1, -0.05) is 0 Å². The van der Waals surface area contributed by atoms with Gasteiger partial charge in [-0.2, -0.15) is 5.10 Å². The van der Waals surface area contributed by atoms with Crippen LogP contribution in [-0.4, -0.2) is 65.6 Å². The molecule has 2 aliphatic rings. The number of rotatable bonds is 7. The van der Waals surface area contributed by atoms with Gasteiger partial charge in [-0.15, -0.1) is 18.3 Å². The molecule has 2 saturated heterocycles. The Morgan fingerprint density at radius 1 is 0.947 bits per heavy atom. The van der Waals surface area contributed by atoms with Gasteiger partial charge in [0.1, 0.15) is 17.6 Å². The molecule has 0 unspecified atom stereocenters. The Labute approximate surface area is 216 Å². The maximum atomic E-state index is 12.7. The number of hydrogen-bond acceptors (Lipinski definition) is 7. The minimum Gasteiger partial charge on any atom is -0.489 e. The number of halogens is 3. The number of ether oxygens (including phenoxy) is 2. The summed E-state index contributed by atoms with van der Waals surface area (Å²) in [5, 5.41) is 10.8. The fraction of sp³-hybridized carbons (Fsp3) is 0.308. The van der Waals surface area contributed by atoms with Gasteiger partial charge in [0.2, 0.25) is 5.91 Å². The van der Waals surface area contributed by atoms with Crippen molar-refractivity contribution in [2.24, 2.45) is 5.92 Å². The number of nitrogens with one attached hydrogen (secondary N) is 1. The lowest BCUT2D eigenvalue weighted by molar-refractivity contribution is -0.274. The van der Waals surface area contributed by atoms with Crippen molar-refractivity contribution in [2.45, 2.75) is 18.9 Å². The lowest BCUT2D eigenvalue weighted by atomic mass is 9.99. The predicted octanol–water partition coefficient (Wildman–Crippen LogP) is 3.74. The Hall–Kier alpha value is -4.35. The molecule has 3 heterocycles. The Bertz CT molecular complexity index is 1270. The van der Waals surface area contributed by atoms with Crippen molar-refractivity contribution in [3.63, 3.8) is 0 Å². The Morgan fingerprint density at radius 3 is 2.32 bits per heavy atom. The fourth-order valence-corrected chi connectivity index (χ4v) is 4.34. The number of carbonyl (C=O) groups excluding carboxylic acids is 2. The average molecular weight is 528 g/mol. The largest absolute Gasteiger partial charge is 0.573 e. The van der Waals surface area contributed by atoms with Crippen molar-refractivity contribution < 1.29 is 32.2 Å². The number of hydrogen-bond donors (Lipinski definition) is 1. The van der Waals surface area contributed by atoms with Gasteiger partial charge in [0, 0.05) is 43.5 Å². The number of alkyl halides is 3. The van der Waals surface area contributed by atoms with Crippen molar-refractivity contribution in [3.8, 4) is 11.5 Å². The van der Waals surface area contributed by atoms with E-state index in [1.807, 2.05) is 11.0 Å². The van der Waals surface area contributed by atoms with Crippen LogP contribution in [0.4, 0.5) is 24.7 Å². The smallest absolute Gasteiger partial charge is 0.489 e. The minimum absolute atomic E-state index is 0.0678. The van der Waals surface area contributed by atoms with Crippen LogP contribution in [0.3, 0.4) is 0 Å². The van der Waals surface area contributed by atoms with Gasteiger partial charge in [0.25, 0.3) is 5.91 Å². The topological polar surface area (TPSA) is 96.9 Å². The van der Waals surface area contributed by atoms with Gasteiger partial charge >= 0.3 is 6.36 Å². The number of likely N-dealkylation sites (tertiary alicyclic amines) is 1. The third-order valence-corrected chi connectivity index (χ3v) is 6.33. The lowest BCUT2D eigenvalue weighted by Crippen LogP contribution is -2.52. The third kappa shape index (κ3) is 6.13. The molecule has 2 amide bonds. The summed E-state index contributed by atoms with van der Waals surface area (Å²) >= 11 is 0. The molecule has 0 saturated carbocycles. The zero-order valence-corrected chi connectivity index (χ0v) is 20.1. The summed E-state index contributed by atoms with van der Waals surface area (Å²) < 4.78 is 46.8. The number of nitrogens with zero attached hydrogens (tertiary/aromatic N) is 4. The van der Waals surface area contributed by atoms with Crippen LogP contribution >= 0.6 is 0 Å². The average Bonchev–Trinajstić information content (AvgIpc) is 3.32. The van der Waals surface area contributed by atoms with Gasteiger partial charge in [0.05, 0.1) is 12.5 Å². The van der Waals surface area contributed by atoms with E-state index in [9.17, 15) is 22.8 Å². The highest BCUT2D eigenvalue weighted by molar-refractivity contribution is 5.95. The van der Waals surface area contributed by atoms with Crippen LogP contribution in [0.1, 0.15) is 16.8 Å². The SMILES string of the molecule is O=C(Nc1ccc(O[C@@H]2CCN(C(=O)c3ccc(OC(F)(F)F)cc3)C2)cc1)C1CN(c2cccnn2)C1. The van der Waals surface area contributed by atoms with Gasteiger partial charge in [-0.25, -0.2) is 0 Å². The van der Waals surface area contributed by atoms with Gasteiger partial charge in [0.15, 0.2) is 5.82 Å². The van der Waals surface area contributed by atoms with Crippen molar-refractivity contribution in [1.29, 1.82) is 0 Å². The summed E-state index contributed by atoms with van der Waals surface area (Å²) in [5.41, 5.74) is 0.924. The second kappa shape index (κ2) is 10.6. The van der Waals surface area contributed by atoms with Crippen LogP contribution in [0.15, 0.2) is 66.9 Å². The Kier molecular flexibility index (Phi) is 7.03. The zero-order valence-electron chi connectivity index (χ0n) is 20.1. The normalized spacial score (nSPS) is 17.6. The highest BCUT2D eigenvalue weighted by Gasteiger charge is 2.34. The highest BCUT2D eigenvalue weighted by atomic mass is 19.4. The first-order chi connectivity index (χ1) is 18.2. The molecular formula is C26H24F3N5O4. The number of benzene rings is 2. The third-order valence-electron chi connectivity index (χ3n) is 6.33. The molecule has 12 heteroatoms. The summed E-state index contributed by atoms with van der Waals surface area (Å²) in [6, 6.07) is 15.5. The Balaban J connectivity index is 1.07. The van der Waals surface area contributed by atoms with E-state index in [1.54, 1.807) is 41.4 Å². The first-order valence-electron chi connectivity index (χ1n) is 12.0. The van der Waals surface area contributed by atoms with E-state index in [4.69, 9.17) is 4.74 Å². The highest BCUT2D eigenvalue weighted by Crippen LogP contribution is 2.26. The standard InChI is InChI=1S/C26H24F3N5O4/c27-26(28,29)38-21-7-3-17(4-8-21)25(36)33-13-11-22(16-33)37-20-9-5-19(6-10-20)31-24(35)18-14-34(15-18)23-2-1-12-30-32-23/h1-10,12,18,22H,11,13-16H2,(H,31,35)/t22-/m1/s1. The minimum atomic E-state index is -4.79. The number of anilines is 2. The van der Waals surface area contributed by atoms with Crippen LogP contribution in [0.5, 0.6) is 11.5 Å². The van der Waals surface area contributed by atoms with Crippen molar-refractivity contribution >= 4 is 23.3 Å². The van der Waals surface area contributed by atoms with Crippen LogP contribution in [0.2, 0.25) is 0 Å². The maximum Gasteiger partial charge on any atom is 0.573 e. The number of amides is 2. The van der Waals surface area contributed by atoms with Crippen LogP contribution in [0.25, 0.3) is 0 Å². The van der Waals surface area contributed by atoms with E-state index in [0.717, 1.165) is 18.0 Å². The van der Waals surface area contributed by atoms with E-state index < -0.39 is 6.36 Å². The molecule has 198 valence electrons. The van der Waals surface area contributed by atoms with E-state index in [1.165, 1.54) is 12.1 Å². The molecule has 9 nitrogen and oxygen atoms in total. The van der Waals surface area contributed by atoms with Crippen LogP contribution in [-0.2, 0) is 4.79 Å². The molecule has 0 bridgehead atoms. The predicted molar refractivity (Wildman–Crippen MR) is 131 cm³/mol. The van der Waals surface area contributed by atoms with Crippen molar-refractivity contribution in [3.05, 3.63) is 72.4 Å². The summed E-state index contributed by atoms with van der Waals surface area (Å²) in [7, 11) is 0. The zero-order chi connectivity index (χ0) is 26.7. The van der Waals surface area contributed by atoms with Crippen molar-refractivity contribution in [2.75, 3.05) is 36.4 Å². The lowest BCUT2D eigenvalue weighted by Gasteiger charge is -2.38. The molecule has 0 radical (unpaired) electrons. The summed E-state index contributed by atoms with van der Waals surface area (Å²) in [5.74, 6) is 0.478. The molecule has 1 N–H and O–H groups in total. The first-order valence-corrected chi connectivity index (χ1v) is 12.0. The second-order valence-electron chi connectivity index (χ2n) is 9.05. The molecule has 3 aromatic rings. The second-order valence-corrected chi connectivity index (χ2v) is 9.05. The molecule has 5 rings (SSSR count). The van der Waals surface area contributed by atoms with Crippen LogP contribution < -0.4 is 19.7 Å². The molecule has 2 fully saturated rings. The molecule has 1 atom stereocenters. The van der Waals surface area contributed by atoms with Gasteiger partial charge < -0.3 is 24.6 Å². The van der Waals surface area contributed by atoms with E-state index in [2.05, 4.69) is 20.3 Å². The molecule has 0 aliphatic carbocycles. The number of carbonyl (C=O) groups is 2. The van der Waals surface area contributed by atoms with Gasteiger partial charge in [-0.05, 0) is 60.7 Å². The summed E-state index contributed by atoms with van der Waals surface area (Å²) in [4.78, 5) is 28.9. The fourth-order valence-electron chi connectivity index (χ4n) is 4.34. The quantitative estimate of drug-likeness (QED) is 0.500. The number of aromatic nitrogens is 2. The molecule has 38 heavy (non-hydrogen) atoms. The molecular weight excluding hydrogens is 503 g/mol. The molecule has 1 aromatic heterocycles. The molecule has 2 aromatic carbocycles. The monoisotopic (exact) mass is 527 g/mol. The van der Waals surface area contributed by atoms with E-state index >= 15 is 0 Å². The van der Waals surface area contributed by atoms with Crippen LogP contribution in [0, 0.1) is 5.92 Å². The van der Waals surface area contributed by atoms with E-state index in [0.29, 0.717) is 44.0 Å². The molecule has 2 aliphatic heterocycles. The maximum absolute atomic E-state index is 12.7. The Morgan fingerprint density at radius 2 is 1.66 bits per heavy atom. The van der Waals surface area contributed by atoms with Crippen molar-refractivity contribution in [1.82, 2.24) is 15.1 Å².